The molecule has 0 saturated heterocycles. The molecule has 1 rings (SSSR count). The molecule has 86 valence electrons. The lowest BCUT2D eigenvalue weighted by molar-refractivity contribution is 0.232. The Hall–Kier alpha value is 0.01000. The second kappa shape index (κ2) is 6.56. The van der Waals surface area contributed by atoms with Crippen LogP contribution in [0.15, 0.2) is 17.5 Å². The van der Waals surface area contributed by atoms with Crippen LogP contribution in [0.4, 0.5) is 0 Å². The van der Waals surface area contributed by atoms with Crippen molar-refractivity contribution in [2.75, 3.05) is 19.3 Å². The summed E-state index contributed by atoms with van der Waals surface area (Å²) in [6.07, 6.45) is 1.16. The van der Waals surface area contributed by atoms with Crippen LogP contribution in [0.25, 0.3) is 0 Å². The molecule has 2 atom stereocenters. The van der Waals surface area contributed by atoms with Gasteiger partial charge in [0, 0.05) is 17.5 Å². The first kappa shape index (κ1) is 13.1. The van der Waals surface area contributed by atoms with Crippen molar-refractivity contribution in [2.24, 2.45) is 5.92 Å². The largest absolute Gasteiger partial charge is 0.303 e. The first-order chi connectivity index (χ1) is 7.13. The Balaban J connectivity index is 2.36. The first-order valence-corrected chi connectivity index (χ1v) is 6.98. The van der Waals surface area contributed by atoms with Crippen molar-refractivity contribution in [3.63, 3.8) is 0 Å². The Kier molecular flexibility index (Phi) is 5.72. The molecule has 2 unspecified atom stereocenters. The molecule has 1 nitrogen and oxygen atoms in total. The van der Waals surface area contributed by atoms with Gasteiger partial charge >= 0.3 is 0 Å². The molecule has 0 aliphatic rings. The van der Waals surface area contributed by atoms with Crippen LogP contribution in [0.3, 0.4) is 0 Å². The van der Waals surface area contributed by atoms with E-state index in [9.17, 15) is 0 Å². The fourth-order valence-corrected chi connectivity index (χ4v) is 2.55. The highest BCUT2D eigenvalue weighted by atomic mass is 32.1. The number of hydrogen-bond donors (Lipinski definition) is 1. The number of rotatable bonds is 6. The third-order valence-electron chi connectivity index (χ3n) is 2.74. The van der Waals surface area contributed by atoms with Crippen molar-refractivity contribution in [3.05, 3.63) is 22.4 Å². The van der Waals surface area contributed by atoms with Crippen LogP contribution >= 0.6 is 24.0 Å². The van der Waals surface area contributed by atoms with Crippen LogP contribution in [-0.4, -0.2) is 30.3 Å². The van der Waals surface area contributed by atoms with Gasteiger partial charge in [-0.3, -0.25) is 0 Å². The number of thiophene rings is 1. The summed E-state index contributed by atoms with van der Waals surface area (Å²) in [5.41, 5.74) is 0. The van der Waals surface area contributed by atoms with Gasteiger partial charge in [0.1, 0.15) is 0 Å². The van der Waals surface area contributed by atoms with Gasteiger partial charge in [0.15, 0.2) is 0 Å². The second-order valence-corrected chi connectivity index (χ2v) is 5.76. The SMILES string of the molecule is CC(CS)CN(C)C(C)Cc1cccs1. The fraction of sp³-hybridized carbons (Fsp3) is 0.667. The molecule has 0 amide bonds. The van der Waals surface area contributed by atoms with Crippen molar-refractivity contribution in [1.29, 1.82) is 0 Å². The topological polar surface area (TPSA) is 3.24 Å². The van der Waals surface area contributed by atoms with E-state index in [0.717, 1.165) is 18.7 Å². The lowest BCUT2D eigenvalue weighted by Gasteiger charge is -2.26. The van der Waals surface area contributed by atoms with E-state index in [2.05, 4.69) is 55.9 Å². The zero-order valence-electron chi connectivity index (χ0n) is 9.81. The van der Waals surface area contributed by atoms with Gasteiger partial charge in [-0.05, 0) is 43.5 Å². The summed E-state index contributed by atoms with van der Waals surface area (Å²) < 4.78 is 0. The second-order valence-electron chi connectivity index (χ2n) is 4.36. The van der Waals surface area contributed by atoms with E-state index < -0.39 is 0 Å². The third kappa shape index (κ3) is 4.58. The summed E-state index contributed by atoms with van der Waals surface area (Å²) in [5.74, 6) is 1.64. The number of thiol groups is 1. The molecule has 0 N–H and O–H groups in total. The van der Waals surface area contributed by atoms with E-state index in [4.69, 9.17) is 0 Å². The first-order valence-electron chi connectivity index (χ1n) is 5.47. The molecule has 0 radical (unpaired) electrons. The van der Waals surface area contributed by atoms with E-state index in [-0.39, 0.29) is 0 Å². The maximum absolute atomic E-state index is 4.32. The summed E-state index contributed by atoms with van der Waals surface area (Å²) in [6, 6.07) is 4.96. The van der Waals surface area contributed by atoms with Crippen molar-refractivity contribution in [3.8, 4) is 0 Å². The molecule has 0 aliphatic carbocycles. The Labute approximate surface area is 103 Å². The molecule has 1 aromatic rings. The molecule has 0 aliphatic heterocycles. The maximum Gasteiger partial charge on any atom is 0.0112 e. The molecular weight excluding hydrogens is 222 g/mol. The minimum atomic E-state index is 0.617. The van der Waals surface area contributed by atoms with Crippen molar-refractivity contribution in [2.45, 2.75) is 26.3 Å². The lowest BCUT2D eigenvalue weighted by atomic mass is 10.1. The van der Waals surface area contributed by atoms with Gasteiger partial charge in [0.05, 0.1) is 0 Å². The van der Waals surface area contributed by atoms with Crippen molar-refractivity contribution in [1.82, 2.24) is 4.90 Å². The maximum atomic E-state index is 4.32. The molecule has 0 aromatic carbocycles. The smallest absolute Gasteiger partial charge is 0.0112 e. The molecule has 1 aromatic heterocycles. The highest BCUT2D eigenvalue weighted by molar-refractivity contribution is 7.80. The number of likely N-dealkylation sites (N-methyl/N-ethyl adjacent to an activating group) is 1. The molecule has 3 heteroatoms. The van der Waals surface area contributed by atoms with Crippen LogP contribution in [0.1, 0.15) is 18.7 Å². The molecule has 0 bridgehead atoms. The Morgan fingerprint density at radius 3 is 2.73 bits per heavy atom. The Morgan fingerprint density at radius 1 is 1.47 bits per heavy atom. The van der Waals surface area contributed by atoms with Crippen LogP contribution < -0.4 is 0 Å². The van der Waals surface area contributed by atoms with E-state index in [1.807, 2.05) is 11.3 Å². The van der Waals surface area contributed by atoms with Crippen LogP contribution in [0.5, 0.6) is 0 Å². The number of nitrogens with zero attached hydrogens (tertiary/aromatic N) is 1. The highest BCUT2D eigenvalue weighted by Gasteiger charge is 2.12. The minimum Gasteiger partial charge on any atom is -0.303 e. The van der Waals surface area contributed by atoms with Gasteiger partial charge in [0.2, 0.25) is 0 Å². The standard InChI is InChI=1S/C12H21NS2/c1-10(9-14)8-13(3)11(2)7-12-5-4-6-15-12/h4-6,10-11,14H,7-9H2,1-3H3. The predicted octanol–water partition coefficient (Wildman–Crippen LogP) is 3.18. The summed E-state index contributed by atoms with van der Waals surface area (Å²) in [6.45, 7) is 5.68. The molecular formula is C12H21NS2. The third-order valence-corrected chi connectivity index (χ3v) is 4.26. The highest BCUT2D eigenvalue weighted by Crippen LogP contribution is 2.14. The zero-order chi connectivity index (χ0) is 11.3. The minimum absolute atomic E-state index is 0.617. The van der Waals surface area contributed by atoms with Gasteiger partial charge in [-0.25, -0.2) is 0 Å². The summed E-state index contributed by atoms with van der Waals surface area (Å²) >= 11 is 6.17. The van der Waals surface area contributed by atoms with Crippen molar-refractivity contribution < 1.29 is 0 Å². The van der Waals surface area contributed by atoms with Crippen molar-refractivity contribution >= 4 is 24.0 Å². The normalized spacial score (nSPS) is 15.5. The quantitative estimate of drug-likeness (QED) is 0.751. The molecule has 0 saturated carbocycles. The molecule has 0 spiro atoms. The van der Waals surface area contributed by atoms with Gasteiger partial charge < -0.3 is 4.90 Å². The summed E-state index contributed by atoms with van der Waals surface area (Å²) in [5, 5.41) is 2.15. The van der Waals surface area contributed by atoms with Gasteiger partial charge in [0.25, 0.3) is 0 Å². The average molecular weight is 243 g/mol. The zero-order valence-corrected chi connectivity index (χ0v) is 11.5. The predicted molar refractivity (Wildman–Crippen MR) is 73.1 cm³/mol. The van der Waals surface area contributed by atoms with Gasteiger partial charge in [-0.2, -0.15) is 12.6 Å². The number of hydrogen-bond acceptors (Lipinski definition) is 3. The molecule has 15 heavy (non-hydrogen) atoms. The van der Waals surface area contributed by atoms with Crippen LogP contribution in [0.2, 0.25) is 0 Å². The van der Waals surface area contributed by atoms with Crippen LogP contribution in [-0.2, 0) is 6.42 Å². The Bertz CT molecular complexity index is 259. The summed E-state index contributed by atoms with van der Waals surface area (Å²) in [4.78, 5) is 3.91. The van der Waals surface area contributed by atoms with E-state index >= 15 is 0 Å². The molecule has 1 heterocycles. The van der Waals surface area contributed by atoms with E-state index in [0.29, 0.717) is 12.0 Å². The van der Waals surface area contributed by atoms with E-state index in [1.165, 1.54) is 4.88 Å². The van der Waals surface area contributed by atoms with Gasteiger partial charge in [-0.1, -0.05) is 13.0 Å². The molecule has 0 fully saturated rings. The average Bonchev–Trinajstić information content (AvgIpc) is 2.70. The Morgan fingerprint density at radius 2 is 2.20 bits per heavy atom. The fourth-order valence-electron chi connectivity index (χ4n) is 1.61. The van der Waals surface area contributed by atoms with Crippen LogP contribution in [0, 0.1) is 5.92 Å². The summed E-state index contributed by atoms with van der Waals surface area (Å²) in [7, 11) is 2.21. The monoisotopic (exact) mass is 243 g/mol. The lowest BCUT2D eigenvalue weighted by Crippen LogP contribution is -2.34. The van der Waals surface area contributed by atoms with Gasteiger partial charge in [-0.15, -0.1) is 11.3 Å². The van der Waals surface area contributed by atoms with E-state index in [1.54, 1.807) is 0 Å².